The van der Waals surface area contributed by atoms with Crippen LogP contribution in [-0.4, -0.2) is 6.04 Å². The molecule has 0 saturated carbocycles. The highest BCUT2D eigenvalue weighted by Gasteiger charge is 2.05. The number of rotatable bonds is 8. The first kappa shape index (κ1) is 15.0. The molecule has 0 fully saturated rings. The van der Waals surface area contributed by atoms with Crippen LogP contribution >= 0.6 is 0 Å². The largest absolute Gasteiger partial charge is 0.327 e. The number of allylic oxidation sites excluding steroid dienone is 1. The lowest BCUT2D eigenvalue weighted by molar-refractivity contribution is 0.550. The Morgan fingerprint density at radius 1 is 1.11 bits per heavy atom. The third kappa shape index (κ3) is 6.02. The first-order chi connectivity index (χ1) is 8.61. The van der Waals surface area contributed by atoms with E-state index in [2.05, 4.69) is 38.6 Å². The highest BCUT2D eigenvalue weighted by molar-refractivity contribution is 5.29. The lowest BCUT2D eigenvalue weighted by atomic mass is 9.98. The highest BCUT2D eigenvalue weighted by atomic mass is 14.6. The van der Waals surface area contributed by atoms with Crippen molar-refractivity contribution in [3.8, 4) is 0 Å². The minimum Gasteiger partial charge on any atom is -0.327 e. The molecule has 0 heterocycles. The second-order valence-electron chi connectivity index (χ2n) is 5.39. The van der Waals surface area contributed by atoms with Crippen molar-refractivity contribution in [2.24, 2.45) is 5.73 Å². The summed E-state index contributed by atoms with van der Waals surface area (Å²) in [6, 6.07) is 7.02. The Bertz CT molecular complexity index is 348. The first-order valence-corrected chi connectivity index (χ1v) is 7.05. The van der Waals surface area contributed by atoms with E-state index in [0.717, 1.165) is 19.3 Å². The van der Waals surface area contributed by atoms with E-state index in [4.69, 9.17) is 5.73 Å². The van der Waals surface area contributed by atoms with Crippen molar-refractivity contribution in [1.29, 1.82) is 0 Å². The molecule has 1 aromatic rings. The summed E-state index contributed by atoms with van der Waals surface area (Å²) in [5.74, 6) is 0. The summed E-state index contributed by atoms with van der Waals surface area (Å²) in [7, 11) is 0. The second-order valence-corrected chi connectivity index (χ2v) is 5.39. The summed E-state index contributed by atoms with van der Waals surface area (Å²) in [6.07, 6.45) is 9.02. The van der Waals surface area contributed by atoms with Gasteiger partial charge in [-0.3, -0.25) is 0 Å². The van der Waals surface area contributed by atoms with Gasteiger partial charge in [-0.1, -0.05) is 48.2 Å². The average Bonchev–Trinajstić information content (AvgIpc) is 2.27. The zero-order valence-electron chi connectivity index (χ0n) is 11.9. The van der Waals surface area contributed by atoms with E-state index < -0.39 is 0 Å². The average molecular weight is 245 g/mol. The summed E-state index contributed by atoms with van der Waals surface area (Å²) >= 11 is 0. The third-order valence-electron chi connectivity index (χ3n) is 3.26. The van der Waals surface area contributed by atoms with Gasteiger partial charge in [0.2, 0.25) is 0 Å². The van der Waals surface area contributed by atoms with Crippen LogP contribution in [0.25, 0.3) is 0 Å². The molecule has 1 aromatic carbocycles. The number of unbranched alkanes of at least 4 members (excludes halogenated alkanes) is 3. The van der Waals surface area contributed by atoms with Crippen LogP contribution in [0.5, 0.6) is 0 Å². The standard InChI is InChI=1S/C17H27N/c1-4-5-6-7-8-9-17(18)13-16-11-14(2)10-15(3)12-16/h4,10-12,17H,1,5-9,13,18H2,2-3H3. The quantitative estimate of drug-likeness (QED) is 0.536. The van der Waals surface area contributed by atoms with Gasteiger partial charge in [0, 0.05) is 6.04 Å². The van der Waals surface area contributed by atoms with Crippen LogP contribution in [0.2, 0.25) is 0 Å². The van der Waals surface area contributed by atoms with Gasteiger partial charge in [0.25, 0.3) is 0 Å². The van der Waals surface area contributed by atoms with Gasteiger partial charge in [-0.2, -0.15) is 0 Å². The molecular formula is C17H27N. The molecule has 0 bridgehead atoms. The van der Waals surface area contributed by atoms with Gasteiger partial charge in [0.15, 0.2) is 0 Å². The van der Waals surface area contributed by atoms with Gasteiger partial charge >= 0.3 is 0 Å². The maximum atomic E-state index is 6.20. The maximum absolute atomic E-state index is 6.20. The smallest absolute Gasteiger partial charge is 0.00793 e. The Balaban J connectivity index is 2.30. The zero-order valence-corrected chi connectivity index (χ0v) is 11.9. The van der Waals surface area contributed by atoms with E-state index in [1.165, 1.54) is 36.0 Å². The first-order valence-electron chi connectivity index (χ1n) is 7.05. The third-order valence-corrected chi connectivity index (χ3v) is 3.26. The summed E-state index contributed by atoms with van der Waals surface area (Å²) in [5.41, 5.74) is 10.3. The fourth-order valence-corrected chi connectivity index (χ4v) is 2.46. The molecule has 0 aliphatic carbocycles. The molecule has 0 amide bonds. The van der Waals surface area contributed by atoms with Gasteiger partial charge in [-0.15, -0.1) is 6.58 Å². The Morgan fingerprint density at radius 3 is 2.39 bits per heavy atom. The van der Waals surface area contributed by atoms with E-state index in [1.807, 2.05) is 6.08 Å². The maximum Gasteiger partial charge on any atom is 0.00793 e. The van der Waals surface area contributed by atoms with Crippen molar-refractivity contribution in [3.05, 3.63) is 47.5 Å². The lowest BCUT2D eigenvalue weighted by Gasteiger charge is -2.12. The Labute approximate surface area is 112 Å². The number of benzene rings is 1. The van der Waals surface area contributed by atoms with Gasteiger partial charge in [0.05, 0.1) is 0 Å². The summed E-state index contributed by atoms with van der Waals surface area (Å²) in [5, 5.41) is 0. The molecule has 18 heavy (non-hydrogen) atoms. The Hall–Kier alpha value is -1.08. The summed E-state index contributed by atoms with van der Waals surface area (Å²) in [4.78, 5) is 0. The number of aryl methyl sites for hydroxylation is 2. The predicted octanol–water partition coefficient (Wildman–Crippen LogP) is 4.31. The normalized spacial score (nSPS) is 12.4. The van der Waals surface area contributed by atoms with Gasteiger partial charge in [0.1, 0.15) is 0 Å². The second kappa shape index (κ2) is 8.10. The minimum atomic E-state index is 0.301. The van der Waals surface area contributed by atoms with Crippen LogP contribution in [0.15, 0.2) is 30.9 Å². The molecule has 100 valence electrons. The fraction of sp³-hybridized carbons (Fsp3) is 0.529. The monoisotopic (exact) mass is 245 g/mol. The number of hydrogen-bond donors (Lipinski definition) is 1. The van der Waals surface area contributed by atoms with Crippen molar-refractivity contribution >= 4 is 0 Å². The predicted molar refractivity (Wildman–Crippen MR) is 80.9 cm³/mol. The van der Waals surface area contributed by atoms with Gasteiger partial charge in [-0.05, 0) is 45.1 Å². The number of hydrogen-bond acceptors (Lipinski definition) is 1. The molecule has 1 heteroatoms. The van der Waals surface area contributed by atoms with Crippen LogP contribution in [0, 0.1) is 13.8 Å². The van der Waals surface area contributed by atoms with E-state index in [9.17, 15) is 0 Å². The Kier molecular flexibility index (Phi) is 6.74. The van der Waals surface area contributed by atoms with E-state index in [1.54, 1.807) is 0 Å². The van der Waals surface area contributed by atoms with Crippen molar-refractivity contribution in [2.45, 2.75) is 58.4 Å². The topological polar surface area (TPSA) is 26.0 Å². The molecule has 2 N–H and O–H groups in total. The molecular weight excluding hydrogens is 218 g/mol. The summed E-state index contributed by atoms with van der Waals surface area (Å²) < 4.78 is 0. The van der Waals surface area contributed by atoms with Crippen molar-refractivity contribution in [2.75, 3.05) is 0 Å². The molecule has 1 nitrogen and oxygen atoms in total. The van der Waals surface area contributed by atoms with Gasteiger partial charge in [-0.25, -0.2) is 0 Å². The lowest BCUT2D eigenvalue weighted by Crippen LogP contribution is -2.22. The Morgan fingerprint density at radius 2 is 1.78 bits per heavy atom. The highest BCUT2D eigenvalue weighted by Crippen LogP contribution is 2.13. The molecule has 0 saturated heterocycles. The molecule has 1 rings (SSSR count). The molecule has 1 unspecified atom stereocenters. The SMILES string of the molecule is C=CCCCCCC(N)Cc1cc(C)cc(C)c1. The zero-order chi connectivity index (χ0) is 13.4. The van der Waals surface area contributed by atoms with Crippen molar-refractivity contribution < 1.29 is 0 Å². The van der Waals surface area contributed by atoms with Crippen LogP contribution in [-0.2, 0) is 6.42 Å². The number of nitrogens with two attached hydrogens (primary N) is 1. The van der Waals surface area contributed by atoms with Crippen LogP contribution in [0.3, 0.4) is 0 Å². The molecule has 0 aromatic heterocycles. The van der Waals surface area contributed by atoms with Crippen molar-refractivity contribution in [3.63, 3.8) is 0 Å². The molecule has 0 aliphatic heterocycles. The van der Waals surface area contributed by atoms with Crippen LogP contribution < -0.4 is 5.73 Å². The molecule has 0 aliphatic rings. The molecule has 0 spiro atoms. The molecule has 1 atom stereocenters. The fourth-order valence-electron chi connectivity index (χ4n) is 2.46. The molecule has 0 radical (unpaired) electrons. The van der Waals surface area contributed by atoms with Crippen LogP contribution in [0.4, 0.5) is 0 Å². The minimum absolute atomic E-state index is 0.301. The van der Waals surface area contributed by atoms with E-state index in [0.29, 0.717) is 6.04 Å². The van der Waals surface area contributed by atoms with Gasteiger partial charge < -0.3 is 5.73 Å². The van der Waals surface area contributed by atoms with Crippen LogP contribution in [0.1, 0.15) is 48.8 Å². The van der Waals surface area contributed by atoms with Crippen molar-refractivity contribution in [1.82, 2.24) is 0 Å². The van der Waals surface area contributed by atoms with E-state index in [-0.39, 0.29) is 0 Å². The summed E-state index contributed by atoms with van der Waals surface area (Å²) in [6.45, 7) is 8.04. The van der Waals surface area contributed by atoms with E-state index >= 15 is 0 Å².